The molecule has 0 fully saturated rings. The molecule has 5 heteroatoms. The van der Waals surface area contributed by atoms with Gasteiger partial charge < -0.3 is 11.1 Å². The number of hydrogen-bond acceptors (Lipinski definition) is 2. The molecule has 0 bridgehead atoms. The van der Waals surface area contributed by atoms with Gasteiger partial charge >= 0.3 is 0 Å². The van der Waals surface area contributed by atoms with Crippen molar-refractivity contribution in [2.45, 2.75) is 39.2 Å². The van der Waals surface area contributed by atoms with E-state index in [1.807, 2.05) is 13.8 Å². The highest BCUT2D eigenvalue weighted by molar-refractivity contribution is 5.94. The van der Waals surface area contributed by atoms with Gasteiger partial charge in [-0.25, -0.2) is 8.78 Å². The molecular weight excluding hydrogens is 238 g/mol. The fraction of sp³-hybridized carbons (Fsp3) is 0.462. The number of carbonyl (C=O) groups excluding carboxylic acids is 1. The van der Waals surface area contributed by atoms with E-state index < -0.39 is 17.5 Å². The third-order valence-electron chi connectivity index (χ3n) is 2.81. The van der Waals surface area contributed by atoms with Crippen LogP contribution in [-0.4, -0.2) is 11.9 Å². The average molecular weight is 256 g/mol. The summed E-state index contributed by atoms with van der Waals surface area (Å²) in [4.78, 5) is 11.0. The second-order valence-corrected chi connectivity index (χ2v) is 4.21. The fourth-order valence-electron chi connectivity index (χ4n) is 1.80. The lowest BCUT2D eigenvalue weighted by atomic mass is 10.1. The third-order valence-corrected chi connectivity index (χ3v) is 2.81. The van der Waals surface area contributed by atoms with Gasteiger partial charge in [-0.3, -0.25) is 4.79 Å². The number of rotatable bonds is 6. The van der Waals surface area contributed by atoms with Crippen molar-refractivity contribution in [3.8, 4) is 0 Å². The first kappa shape index (κ1) is 14.4. The van der Waals surface area contributed by atoms with E-state index in [1.54, 1.807) is 0 Å². The van der Waals surface area contributed by atoms with Gasteiger partial charge in [-0.2, -0.15) is 0 Å². The molecular formula is C13H18F2N2O. The molecule has 0 saturated heterocycles. The number of anilines is 1. The monoisotopic (exact) mass is 256 g/mol. The second-order valence-electron chi connectivity index (χ2n) is 4.21. The Bertz CT molecular complexity index is 435. The Morgan fingerprint density at radius 3 is 2.50 bits per heavy atom. The van der Waals surface area contributed by atoms with Crippen molar-refractivity contribution in [1.29, 1.82) is 0 Å². The summed E-state index contributed by atoms with van der Waals surface area (Å²) in [5, 5.41) is 2.97. The van der Waals surface area contributed by atoms with Crippen LogP contribution in [0.5, 0.6) is 0 Å². The molecule has 1 rings (SSSR count). The number of nitrogens with one attached hydrogen (secondary N) is 1. The van der Waals surface area contributed by atoms with Crippen molar-refractivity contribution in [3.05, 3.63) is 29.3 Å². The minimum Gasteiger partial charge on any atom is -0.380 e. The van der Waals surface area contributed by atoms with Crippen molar-refractivity contribution in [2.24, 2.45) is 5.73 Å². The van der Waals surface area contributed by atoms with Crippen LogP contribution in [0.4, 0.5) is 14.5 Å². The van der Waals surface area contributed by atoms with Gasteiger partial charge in [0.25, 0.3) is 5.91 Å². The largest absolute Gasteiger partial charge is 0.380 e. The molecule has 1 atom stereocenters. The molecule has 0 radical (unpaired) electrons. The first-order valence-corrected chi connectivity index (χ1v) is 6.04. The number of halogens is 2. The summed E-state index contributed by atoms with van der Waals surface area (Å²) in [6.07, 6.45) is 2.65. The number of benzene rings is 1. The Labute approximate surface area is 105 Å². The molecule has 1 unspecified atom stereocenters. The number of hydrogen-bond donors (Lipinski definition) is 2. The number of primary amides is 1. The number of nitrogens with two attached hydrogens (primary N) is 1. The molecule has 0 aliphatic carbocycles. The maximum atomic E-state index is 13.6. The lowest BCUT2D eigenvalue weighted by Gasteiger charge is -2.18. The second kappa shape index (κ2) is 6.33. The molecule has 18 heavy (non-hydrogen) atoms. The third kappa shape index (κ3) is 3.42. The summed E-state index contributed by atoms with van der Waals surface area (Å²) in [7, 11) is 0. The molecule has 0 aliphatic rings. The summed E-state index contributed by atoms with van der Waals surface area (Å²) in [6.45, 7) is 4.00. The predicted octanol–water partition coefficient (Wildman–Crippen LogP) is 3.05. The molecule has 100 valence electrons. The average Bonchev–Trinajstić information content (AvgIpc) is 2.31. The molecule has 3 N–H and O–H groups in total. The smallest absolute Gasteiger partial charge is 0.251 e. The topological polar surface area (TPSA) is 55.1 Å². The van der Waals surface area contributed by atoms with E-state index in [2.05, 4.69) is 5.32 Å². The summed E-state index contributed by atoms with van der Waals surface area (Å²) >= 11 is 0. The maximum absolute atomic E-state index is 13.6. The van der Waals surface area contributed by atoms with E-state index in [1.165, 1.54) is 0 Å². The minimum atomic E-state index is -0.936. The van der Waals surface area contributed by atoms with E-state index >= 15 is 0 Å². The van der Waals surface area contributed by atoms with Crippen LogP contribution in [-0.2, 0) is 0 Å². The van der Waals surface area contributed by atoms with Crippen molar-refractivity contribution in [2.75, 3.05) is 5.32 Å². The van der Waals surface area contributed by atoms with Gasteiger partial charge in [-0.15, -0.1) is 0 Å². The van der Waals surface area contributed by atoms with Crippen LogP contribution in [0.3, 0.4) is 0 Å². The Kier molecular flexibility index (Phi) is 5.07. The Hall–Kier alpha value is -1.65. The van der Waals surface area contributed by atoms with E-state index in [-0.39, 0.29) is 17.3 Å². The predicted molar refractivity (Wildman–Crippen MR) is 67.5 cm³/mol. The fourth-order valence-corrected chi connectivity index (χ4v) is 1.80. The summed E-state index contributed by atoms with van der Waals surface area (Å²) < 4.78 is 26.9. The van der Waals surface area contributed by atoms with Gasteiger partial charge in [-0.1, -0.05) is 20.3 Å². The summed E-state index contributed by atoms with van der Waals surface area (Å²) in [6, 6.07) is 1.91. The molecule has 0 aliphatic heterocycles. The minimum absolute atomic E-state index is 0.0932. The van der Waals surface area contributed by atoms with Gasteiger partial charge in [0, 0.05) is 12.1 Å². The first-order valence-electron chi connectivity index (χ1n) is 6.04. The van der Waals surface area contributed by atoms with Gasteiger partial charge in [-0.05, 0) is 18.9 Å². The Morgan fingerprint density at radius 1 is 1.33 bits per heavy atom. The van der Waals surface area contributed by atoms with Gasteiger partial charge in [0.15, 0.2) is 0 Å². The first-order chi connectivity index (χ1) is 8.49. The van der Waals surface area contributed by atoms with Crippen LogP contribution >= 0.6 is 0 Å². The van der Waals surface area contributed by atoms with E-state index in [9.17, 15) is 13.6 Å². The Morgan fingerprint density at radius 2 is 2.00 bits per heavy atom. The van der Waals surface area contributed by atoms with Crippen molar-refractivity contribution >= 4 is 11.6 Å². The van der Waals surface area contributed by atoms with Crippen molar-refractivity contribution in [3.63, 3.8) is 0 Å². The maximum Gasteiger partial charge on any atom is 0.251 e. The lowest BCUT2D eigenvalue weighted by Crippen LogP contribution is -2.20. The van der Waals surface area contributed by atoms with Crippen LogP contribution in [0.1, 0.15) is 43.5 Å². The van der Waals surface area contributed by atoms with E-state index in [0.29, 0.717) is 6.07 Å². The van der Waals surface area contributed by atoms with Crippen molar-refractivity contribution in [1.82, 2.24) is 0 Å². The molecule has 0 aromatic heterocycles. The Balaban J connectivity index is 3.01. The molecule has 1 amide bonds. The highest BCUT2D eigenvalue weighted by Gasteiger charge is 2.15. The molecule has 1 aromatic carbocycles. The molecule has 3 nitrogen and oxygen atoms in total. The molecule has 1 aromatic rings. The zero-order valence-corrected chi connectivity index (χ0v) is 10.6. The van der Waals surface area contributed by atoms with Crippen molar-refractivity contribution < 1.29 is 13.6 Å². The van der Waals surface area contributed by atoms with E-state index in [0.717, 1.165) is 25.3 Å². The van der Waals surface area contributed by atoms with Crippen LogP contribution in [0.25, 0.3) is 0 Å². The molecule has 0 spiro atoms. The molecule has 0 heterocycles. The summed E-state index contributed by atoms with van der Waals surface area (Å²) in [5.41, 5.74) is 4.84. The van der Waals surface area contributed by atoms with Gasteiger partial charge in [0.1, 0.15) is 11.6 Å². The van der Waals surface area contributed by atoms with Crippen LogP contribution in [0.2, 0.25) is 0 Å². The normalized spacial score (nSPS) is 12.2. The zero-order chi connectivity index (χ0) is 13.7. The van der Waals surface area contributed by atoms with Gasteiger partial charge in [0.05, 0.1) is 11.3 Å². The van der Waals surface area contributed by atoms with Crippen LogP contribution in [0, 0.1) is 11.6 Å². The highest BCUT2D eigenvalue weighted by atomic mass is 19.1. The highest BCUT2D eigenvalue weighted by Crippen LogP contribution is 2.21. The lowest BCUT2D eigenvalue weighted by molar-refractivity contribution is 0.0996. The van der Waals surface area contributed by atoms with Gasteiger partial charge in [0.2, 0.25) is 0 Å². The van der Waals surface area contributed by atoms with Crippen LogP contribution in [0.15, 0.2) is 12.1 Å². The number of carbonyl (C=O) groups is 1. The quantitative estimate of drug-likeness (QED) is 0.821. The molecule has 0 saturated carbocycles. The van der Waals surface area contributed by atoms with E-state index in [4.69, 9.17) is 5.73 Å². The number of amides is 1. The SMILES string of the molecule is CCCC(CC)Nc1cc(C(N)=O)c(F)cc1F. The van der Waals surface area contributed by atoms with Crippen LogP contribution < -0.4 is 11.1 Å². The standard InChI is InChI=1S/C13H18F2N2O/c1-3-5-8(4-2)17-12-6-9(13(16)18)10(14)7-11(12)15/h6-8,17H,3-5H2,1-2H3,(H2,16,18). The summed E-state index contributed by atoms with van der Waals surface area (Å²) in [5.74, 6) is -2.56. The zero-order valence-electron chi connectivity index (χ0n) is 10.6.